The van der Waals surface area contributed by atoms with Gasteiger partial charge in [0.1, 0.15) is 5.82 Å². The molecule has 2 nitrogen and oxygen atoms in total. The zero-order valence-electron chi connectivity index (χ0n) is 9.42. The highest BCUT2D eigenvalue weighted by molar-refractivity contribution is 9.10. The topological polar surface area (TPSA) is 16.1 Å². The molecule has 1 heterocycles. The maximum absolute atomic E-state index is 6.23. The highest BCUT2D eigenvalue weighted by Crippen LogP contribution is 2.33. The molecule has 0 N–H and O–H groups in total. The molecule has 88 valence electrons. The summed E-state index contributed by atoms with van der Waals surface area (Å²) in [4.78, 5) is 6.74. The summed E-state index contributed by atoms with van der Waals surface area (Å²) in [6.45, 7) is 4.32. The van der Waals surface area contributed by atoms with Crippen molar-refractivity contribution >= 4 is 33.3 Å². The standard InChI is InChI=1S/C12H16BrClN2/c1-2-5-16(8-9-3-4-9)12-11(14)6-10(13)7-15-12/h6-7,9H,2-5,8H2,1H3. The predicted octanol–water partition coefficient (Wildman–Crippen LogP) is 4.12. The zero-order chi connectivity index (χ0) is 11.5. The van der Waals surface area contributed by atoms with Crippen LogP contribution in [0.25, 0.3) is 0 Å². The highest BCUT2D eigenvalue weighted by atomic mass is 79.9. The van der Waals surface area contributed by atoms with Gasteiger partial charge in [-0.25, -0.2) is 4.98 Å². The maximum Gasteiger partial charge on any atom is 0.147 e. The van der Waals surface area contributed by atoms with Gasteiger partial charge in [0.2, 0.25) is 0 Å². The summed E-state index contributed by atoms with van der Waals surface area (Å²) >= 11 is 9.61. The largest absolute Gasteiger partial charge is 0.355 e. The number of nitrogens with zero attached hydrogens (tertiary/aromatic N) is 2. The lowest BCUT2D eigenvalue weighted by Gasteiger charge is -2.24. The van der Waals surface area contributed by atoms with E-state index in [1.165, 1.54) is 12.8 Å². The van der Waals surface area contributed by atoms with Crippen LogP contribution in [0.1, 0.15) is 26.2 Å². The fourth-order valence-corrected chi connectivity index (χ4v) is 2.55. The third-order valence-corrected chi connectivity index (χ3v) is 3.47. The summed E-state index contributed by atoms with van der Waals surface area (Å²) < 4.78 is 0.934. The molecular formula is C12H16BrClN2. The van der Waals surface area contributed by atoms with Crippen molar-refractivity contribution in [1.29, 1.82) is 0 Å². The van der Waals surface area contributed by atoms with Gasteiger partial charge in [-0.1, -0.05) is 18.5 Å². The molecule has 0 aromatic carbocycles. The molecule has 1 saturated carbocycles. The monoisotopic (exact) mass is 302 g/mol. The molecule has 0 spiro atoms. The summed E-state index contributed by atoms with van der Waals surface area (Å²) in [7, 11) is 0. The number of hydrogen-bond donors (Lipinski definition) is 0. The maximum atomic E-state index is 6.23. The van der Waals surface area contributed by atoms with Gasteiger partial charge in [-0.15, -0.1) is 0 Å². The van der Waals surface area contributed by atoms with Gasteiger partial charge < -0.3 is 4.90 Å². The van der Waals surface area contributed by atoms with Gasteiger partial charge in [0.15, 0.2) is 0 Å². The van der Waals surface area contributed by atoms with E-state index in [-0.39, 0.29) is 0 Å². The number of anilines is 1. The molecule has 1 aromatic heterocycles. The van der Waals surface area contributed by atoms with Crippen LogP contribution in [-0.2, 0) is 0 Å². The Kier molecular flexibility index (Phi) is 4.09. The Bertz CT molecular complexity index is 366. The van der Waals surface area contributed by atoms with Crippen molar-refractivity contribution in [1.82, 2.24) is 4.98 Å². The van der Waals surface area contributed by atoms with Crippen LogP contribution >= 0.6 is 27.5 Å². The van der Waals surface area contributed by atoms with Crippen molar-refractivity contribution in [2.45, 2.75) is 26.2 Å². The van der Waals surface area contributed by atoms with Gasteiger partial charge in [-0.3, -0.25) is 0 Å². The Morgan fingerprint density at radius 3 is 2.88 bits per heavy atom. The van der Waals surface area contributed by atoms with E-state index in [9.17, 15) is 0 Å². The number of pyridine rings is 1. The molecule has 16 heavy (non-hydrogen) atoms. The Labute approximate surface area is 110 Å². The minimum atomic E-state index is 0.739. The van der Waals surface area contributed by atoms with Crippen molar-refractivity contribution in [3.8, 4) is 0 Å². The Morgan fingerprint density at radius 2 is 2.31 bits per heavy atom. The smallest absolute Gasteiger partial charge is 0.147 e. The molecule has 0 radical (unpaired) electrons. The van der Waals surface area contributed by atoms with Crippen molar-refractivity contribution in [2.75, 3.05) is 18.0 Å². The molecule has 1 aliphatic carbocycles. The number of rotatable bonds is 5. The van der Waals surface area contributed by atoms with Crippen LogP contribution in [0.3, 0.4) is 0 Å². The quantitative estimate of drug-likeness (QED) is 0.813. The SMILES string of the molecule is CCCN(CC1CC1)c1ncc(Br)cc1Cl. The van der Waals surface area contributed by atoms with Crippen molar-refractivity contribution in [2.24, 2.45) is 5.92 Å². The van der Waals surface area contributed by atoms with Gasteiger partial charge in [0, 0.05) is 23.8 Å². The fourth-order valence-electron chi connectivity index (χ4n) is 1.81. The van der Waals surface area contributed by atoms with E-state index in [2.05, 4.69) is 32.7 Å². The summed E-state index contributed by atoms with van der Waals surface area (Å²) in [5.74, 6) is 1.78. The van der Waals surface area contributed by atoms with Crippen molar-refractivity contribution in [3.63, 3.8) is 0 Å². The Hall–Kier alpha value is -0.280. The first-order valence-electron chi connectivity index (χ1n) is 5.76. The molecule has 4 heteroatoms. The minimum absolute atomic E-state index is 0.739. The molecule has 1 fully saturated rings. The van der Waals surface area contributed by atoms with Crippen LogP contribution in [-0.4, -0.2) is 18.1 Å². The summed E-state index contributed by atoms with van der Waals surface area (Å²) in [6, 6.07) is 1.92. The number of halogens is 2. The highest BCUT2D eigenvalue weighted by Gasteiger charge is 2.25. The molecule has 0 bridgehead atoms. The molecule has 0 saturated heterocycles. The van der Waals surface area contributed by atoms with Crippen LogP contribution in [0.2, 0.25) is 5.02 Å². The van der Waals surface area contributed by atoms with E-state index in [4.69, 9.17) is 11.6 Å². The second-order valence-corrected chi connectivity index (χ2v) is 5.67. The summed E-state index contributed by atoms with van der Waals surface area (Å²) in [6.07, 6.45) is 5.65. The van der Waals surface area contributed by atoms with E-state index >= 15 is 0 Å². The first kappa shape index (κ1) is 12.2. The average molecular weight is 304 g/mol. The van der Waals surface area contributed by atoms with E-state index in [1.54, 1.807) is 0 Å². The molecule has 0 unspecified atom stereocenters. The fraction of sp³-hybridized carbons (Fsp3) is 0.583. The predicted molar refractivity (Wildman–Crippen MR) is 72.2 cm³/mol. The number of aromatic nitrogens is 1. The van der Waals surface area contributed by atoms with Crippen LogP contribution in [0.5, 0.6) is 0 Å². The first-order chi connectivity index (χ1) is 7.70. The van der Waals surface area contributed by atoms with Crippen molar-refractivity contribution in [3.05, 3.63) is 21.8 Å². The van der Waals surface area contributed by atoms with Crippen LogP contribution < -0.4 is 4.90 Å². The molecule has 0 aliphatic heterocycles. The van der Waals surface area contributed by atoms with E-state index in [1.807, 2.05) is 12.3 Å². The van der Waals surface area contributed by atoms with E-state index in [0.717, 1.165) is 40.7 Å². The van der Waals surface area contributed by atoms with E-state index < -0.39 is 0 Å². The van der Waals surface area contributed by atoms with Crippen LogP contribution in [0.4, 0.5) is 5.82 Å². The lowest BCUT2D eigenvalue weighted by atomic mass is 10.3. The molecule has 0 amide bonds. The van der Waals surface area contributed by atoms with Gasteiger partial charge in [0.05, 0.1) is 5.02 Å². The number of hydrogen-bond acceptors (Lipinski definition) is 2. The van der Waals surface area contributed by atoms with Crippen LogP contribution in [0, 0.1) is 5.92 Å². The molecular weight excluding hydrogens is 288 g/mol. The first-order valence-corrected chi connectivity index (χ1v) is 6.93. The minimum Gasteiger partial charge on any atom is -0.355 e. The van der Waals surface area contributed by atoms with Gasteiger partial charge in [-0.05, 0) is 47.2 Å². The van der Waals surface area contributed by atoms with Gasteiger partial charge in [0.25, 0.3) is 0 Å². The molecule has 1 aliphatic rings. The second-order valence-electron chi connectivity index (χ2n) is 4.35. The lowest BCUT2D eigenvalue weighted by molar-refractivity contribution is 0.699. The normalized spacial score (nSPS) is 15.2. The zero-order valence-corrected chi connectivity index (χ0v) is 11.8. The molecule has 2 rings (SSSR count). The van der Waals surface area contributed by atoms with Gasteiger partial charge >= 0.3 is 0 Å². The second kappa shape index (κ2) is 5.37. The summed E-state index contributed by atoms with van der Waals surface area (Å²) in [5.41, 5.74) is 0. The Morgan fingerprint density at radius 1 is 1.56 bits per heavy atom. The molecule has 1 aromatic rings. The Balaban J connectivity index is 2.15. The lowest BCUT2D eigenvalue weighted by Crippen LogP contribution is -2.27. The third kappa shape index (κ3) is 3.11. The third-order valence-electron chi connectivity index (χ3n) is 2.76. The van der Waals surface area contributed by atoms with Gasteiger partial charge in [-0.2, -0.15) is 0 Å². The average Bonchev–Trinajstić information content (AvgIpc) is 3.01. The van der Waals surface area contributed by atoms with E-state index in [0.29, 0.717) is 0 Å². The molecule has 0 atom stereocenters. The van der Waals surface area contributed by atoms with Crippen molar-refractivity contribution < 1.29 is 0 Å². The van der Waals surface area contributed by atoms with Crippen LogP contribution in [0.15, 0.2) is 16.7 Å². The summed E-state index contributed by atoms with van der Waals surface area (Å²) in [5, 5.41) is 0.739.